The summed E-state index contributed by atoms with van der Waals surface area (Å²) in [4.78, 5) is 14.3. The number of hydrogen-bond acceptors (Lipinski definition) is 4. The molecule has 0 aromatic heterocycles. The third kappa shape index (κ3) is 5.77. The van der Waals surface area contributed by atoms with E-state index >= 15 is 0 Å². The van der Waals surface area contributed by atoms with Crippen LogP contribution in [0, 0.1) is 0 Å². The van der Waals surface area contributed by atoms with Gasteiger partial charge in [-0.2, -0.15) is 0 Å². The molecular weight excluding hydrogens is 318 g/mol. The molecule has 6 heteroatoms. The van der Waals surface area contributed by atoms with Crippen molar-refractivity contribution in [3.63, 3.8) is 0 Å². The number of nitrogens with zero attached hydrogens (tertiary/aromatic N) is 1. The number of para-hydroxylation sites is 1. The van der Waals surface area contributed by atoms with E-state index in [0.29, 0.717) is 19.8 Å². The molecule has 0 N–H and O–H groups in total. The van der Waals surface area contributed by atoms with E-state index in [0.717, 1.165) is 24.9 Å². The van der Waals surface area contributed by atoms with Gasteiger partial charge >= 0.3 is 0 Å². The van der Waals surface area contributed by atoms with E-state index in [4.69, 9.17) is 25.8 Å². The van der Waals surface area contributed by atoms with Crippen LogP contribution in [-0.2, 0) is 19.0 Å². The van der Waals surface area contributed by atoms with Gasteiger partial charge in [-0.3, -0.25) is 4.79 Å². The van der Waals surface area contributed by atoms with Gasteiger partial charge in [0.05, 0.1) is 13.2 Å². The number of amides is 1. The molecule has 2 rings (SSSR count). The van der Waals surface area contributed by atoms with Crippen LogP contribution >= 0.6 is 11.6 Å². The van der Waals surface area contributed by atoms with E-state index < -0.39 is 5.56 Å². The molecule has 128 valence electrons. The summed E-state index contributed by atoms with van der Waals surface area (Å²) in [5.41, 5.74) is -0.217. The summed E-state index contributed by atoms with van der Waals surface area (Å²) in [6.45, 7) is 3.73. The first-order valence-corrected chi connectivity index (χ1v) is 8.47. The van der Waals surface area contributed by atoms with Gasteiger partial charge in [0.15, 0.2) is 0 Å². The van der Waals surface area contributed by atoms with Gasteiger partial charge in [0, 0.05) is 12.3 Å². The highest BCUT2D eigenvalue weighted by Crippen LogP contribution is 2.19. The molecule has 0 saturated carbocycles. The van der Waals surface area contributed by atoms with E-state index in [9.17, 15) is 4.79 Å². The lowest BCUT2D eigenvalue weighted by atomic mass is 10.2. The fraction of sp³-hybridized carbons (Fsp3) is 0.588. The summed E-state index contributed by atoms with van der Waals surface area (Å²) in [7, 11) is 0. The predicted molar refractivity (Wildman–Crippen MR) is 89.6 cm³/mol. The Kier molecular flexibility index (Phi) is 7.82. The highest BCUT2D eigenvalue weighted by molar-refractivity contribution is 6.31. The minimum Gasteiger partial charge on any atom is -0.353 e. The van der Waals surface area contributed by atoms with Crippen molar-refractivity contribution in [2.75, 3.05) is 31.5 Å². The van der Waals surface area contributed by atoms with Crippen molar-refractivity contribution in [2.45, 2.75) is 37.9 Å². The van der Waals surface area contributed by atoms with Crippen molar-refractivity contribution < 1.29 is 19.0 Å². The molecule has 0 aliphatic carbocycles. The lowest BCUT2D eigenvalue weighted by Crippen LogP contribution is -2.43. The number of carbonyl (C=O) groups excluding carboxylic acids is 1. The van der Waals surface area contributed by atoms with Crippen LogP contribution in [0.4, 0.5) is 5.69 Å². The Balaban J connectivity index is 1.98. The topological polar surface area (TPSA) is 48.0 Å². The van der Waals surface area contributed by atoms with Crippen LogP contribution in [0.3, 0.4) is 0 Å². The Hall–Kier alpha value is -1.14. The Labute approximate surface area is 142 Å². The van der Waals surface area contributed by atoms with Crippen LogP contribution in [0.2, 0.25) is 0 Å². The number of halogens is 1. The van der Waals surface area contributed by atoms with Gasteiger partial charge in [-0.1, -0.05) is 49.6 Å². The second-order valence-electron chi connectivity index (χ2n) is 5.46. The predicted octanol–water partition coefficient (Wildman–Crippen LogP) is 3.16. The number of rotatable bonds is 9. The van der Waals surface area contributed by atoms with Crippen LogP contribution in [0.25, 0.3) is 0 Å². The zero-order valence-corrected chi connectivity index (χ0v) is 14.2. The van der Waals surface area contributed by atoms with Crippen molar-refractivity contribution in [3.8, 4) is 0 Å². The maximum absolute atomic E-state index is 12.7. The average Bonchev–Trinajstić information content (AvgIpc) is 3.10. The normalized spacial score (nSPS) is 18.8. The second-order valence-corrected chi connectivity index (χ2v) is 5.85. The van der Waals surface area contributed by atoms with Gasteiger partial charge in [0.25, 0.3) is 5.91 Å². The first-order valence-electron chi connectivity index (χ1n) is 8.03. The van der Waals surface area contributed by atoms with Crippen molar-refractivity contribution in [3.05, 3.63) is 30.3 Å². The summed E-state index contributed by atoms with van der Waals surface area (Å²) in [5, 5.41) is 0. The minimum absolute atomic E-state index is 0.150. The zero-order chi connectivity index (χ0) is 16.5. The summed E-state index contributed by atoms with van der Waals surface area (Å²) >= 11 is 6.15. The van der Waals surface area contributed by atoms with Crippen LogP contribution in [0.5, 0.6) is 0 Å². The number of anilines is 1. The monoisotopic (exact) mass is 341 g/mol. The van der Waals surface area contributed by atoms with Gasteiger partial charge in [-0.15, -0.1) is 0 Å². The van der Waals surface area contributed by atoms with Crippen molar-refractivity contribution >= 4 is 23.2 Å². The van der Waals surface area contributed by atoms with Gasteiger partial charge < -0.3 is 19.1 Å². The molecule has 1 aliphatic heterocycles. The SMILES string of the molecule is CCCCCOC(Cl)C(=O)N(CC1COCO1)c1ccccc1. The largest absolute Gasteiger partial charge is 0.353 e. The van der Waals surface area contributed by atoms with E-state index in [-0.39, 0.29) is 18.8 Å². The molecule has 1 saturated heterocycles. The van der Waals surface area contributed by atoms with E-state index in [1.807, 2.05) is 30.3 Å². The number of carbonyl (C=O) groups is 1. The Morgan fingerprint density at radius 3 is 2.83 bits per heavy atom. The quantitative estimate of drug-likeness (QED) is 0.511. The standard InChI is InChI=1S/C17H24ClNO4/c1-2-3-7-10-22-16(18)17(20)19(11-15-12-21-13-23-15)14-8-5-4-6-9-14/h4-6,8-9,15-16H,2-3,7,10-13H2,1H3. The first kappa shape index (κ1) is 18.2. The first-order chi connectivity index (χ1) is 11.2. The molecule has 0 radical (unpaired) electrons. The van der Waals surface area contributed by atoms with Crippen molar-refractivity contribution in [1.82, 2.24) is 0 Å². The highest BCUT2D eigenvalue weighted by atomic mass is 35.5. The van der Waals surface area contributed by atoms with Crippen LogP contribution < -0.4 is 4.90 Å². The van der Waals surface area contributed by atoms with E-state index in [2.05, 4.69) is 6.92 Å². The molecule has 1 heterocycles. The number of alkyl halides is 1. The van der Waals surface area contributed by atoms with Crippen LogP contribution in [0.15, 0.2) is 30.3 Å². The summed E-state index contributed by atoms with van der Waals surface area (Å²) in [5.74, 6) is -0.273. The molecule has 0 spiro atoms. The summed E-state index contributed by atoms with van der Waals surface area (Å²) in [6.07, 6.45) is 2.91. The van der Waals surface area contributed by atoms with Gasteiger partial charge in [0.2, 0.25) is 5.56 Å². The third-order valence-electron chi connectivity index (χ3n) is 3.62. The molecule has 2 unspecified atom stereocenters. The number of unbranched alkanes of at least 4 members (excludes halogenated alkanes) is 2. The Morgan fingerprint density at radius 2 is 2.17 bits per heavy atom. The Bertz CT molecular complexity index is 465. The maximum atomic E-state index is 12.7. The van der Waals surface area contributed by atoms with Gasteiger partial charge in [0.1, 0.15) is 12.9 Å². The molecule has 1 amide bonds. The van der Waals surface area contributed by atoms with Gasteiger partial charge in [-0.05, 0) is 18.6 Å². The minimum atomic E-state index is -0.991. The molecule has 23 heavy (non-hydrogen) atoms. The van der Waals surface area contributed by atoms with Crippen LogP contribution in [-0.4, -0.2) is 44.1 Å². The Morgan fingerprint density at radius 1 is 1.39 bits per heavy atom. The fourth-order valence-electron chi connectivity index (χ4n) is 2.34. The molecular formula is C17H24ClNO4. The molecule has 2 atom stereocenters. The van der Waals surface area contributed by atoms with Crippen LogP contribution in [0.1, 0.15) is 26.2 Å². The van der Waals surface area contributed by atoms with Crippen molar-refractivity contribution in [1.29, 1.82) is 0 Å². The average molecular weight is 342 g/mol. The third-order valence-corrected chi connectivity index (χ3v) is 3.93. The number of ether oxygens (including phenoxy) is 3. The molecule has 1 aromatic rings. The molecule has 1 aromatic carbocycles. The molecule has 0 bridgehead atoms. The zero-order valence-electron chi connectivity index (χ0n) is 13.4. The fourth-order valence-corrected chi connectivity index (χ4v) is 2.55. The maximum Gasteiger partial charge on any atom is 0.271 e. The molecule has 1 fully saturated rings. The smallest absolute Gasteiger partial charge is 0.271 e. The van der Waals surface area contributed by atoms with E-state index in [1.54, 1.807) is 4.90 Å². The lowest BCUT2D eigenvalue weighted by Gasteiger charge is -2.27. The molecule has 1 aliphatic rings. The summed E-state index contributed by atoms with van der Waals surface area (Å²) < 4.78 is 16.1. The second kappa shape index (κ2) is 9.88. The lowest BCUT2D eigenvalue weighted by molar-refractivity contribution is -0.125. The highest BCUT2D eigenvalue weighted by Gasteiger charge is 2.28. The molecule has 5 nitrogen and oxygen atoms in total. The van der Waals surface area contributed by atoms with E-state index in [1.165, 1.54) is 0 Å². The van der Waals surface area contributed by atoms with Gasteiger partial charge in [-0.25, -0.2) is 0 Å². The number of benzene rings is 1. The number of hydrogen-bond donors (Lipinski definition) is 0. The summed E-state index contributed by atoms with van der Waals surface area (Å²) in [6, 6.07) is 9.41. The van der Waals surface area contributed by atoms with Crippen molar-refractivity contribution in [2.24, 2.45) is 0 Å².